The van der Waals surface area contributed by atoms with E-state index in [0.29, 0.717) is 25.6 Å². The molecule has 5 rings (SSSR count). The van der Waals surface area contributed by atoms with Gasteiger partial charge in [0.05, 0.1) is 23.4 Å². The summed E-state index contributed by atoms with van der Waals surface area (Å²) < 4.78 is 7.93. The zero-order valence-corrected chi connectivity index (χ0v) is 31.0. The van der Waals surface area contributed by atoms with Gasteiger partial charge in [-0.05, 0) is 43.8 Å². The second-order valence-corrected chi connectivity index (χ2v) is 21.2. The molecule has 0 aliphatic carbocycles. The third kappa shape index (κ3) is 8.27. The van der Waals surface area contributed by atoms with Crippen molar-refractivity contribution in [2.24, 2.45) is 5.41 Å². The van der Waals surface area contributed by atoms with Crippen molar-refractivity contribution in [3.05, 3.63) is 54.5 Å². The number of benzene rings is 1. The van der Waals surface area contributed by atoms with Crippen LogP contribution in [-0.4, -0.2) is 109 Å². The van der Waals surface area contributed by atoms with Gasteiger partial charge in [0.1, 0.15) is 6.73 Å². The number of amides is 3. The quantitative estimate of drug-likeness (QED) is 0.206. The summed E-state index contributed by atoms with van der Waals surface area (Å²) in [5.41, 5.74) is 2.65. The fraction of sp³-hybridized carbons (Fsp3) is 0.556. The predicted octanol–water partition coefficient (Wildman–Crippen LogP) is 4.89. The van der Waals surface area contributed by atoms with Crippen molar-refractivity contribution in [2.45, 2.75) is 72.2 Å². The lowest BCUT2D eigenvalue weighted by Gasteiger charge is -2.47. The molecule has 0 radical (unpaired) electrons. The van der Waals surface area contributed by atoms with Gasteiger partial charge in [-0.25, -0.2) is 0 Å². The lowest BCUT2D eigenvalue weighted by atomic mass is 9.91. The topological polar surface area (TPSA) is 103 Å². The Hall–Kier alpha value is -3.74. The molecule has 0 unspecified atom stereocenters. The second kappa shape index (κ2) is 14.4. The number of carbonyl (C=O) groups excluding carboxylic acids is 3. The highest BCUT2D eigenvalue weighted by molar-refractivity contribution is 6.76. The van der Waals surface area contributed by atoms with Crippen LogP contribution < -0.4 is 10.2 Å². The molecule has 2 aliphatic heterocycles. The third-order valence-corrected chi connectivity index (χ3v) is 11.1. The van der Waals surface area contributed by atoms with E-state index in [1.807, 2.05) is 61.6 Å². The van der Waals surface area contributed by atoms with Gasteiger partial charge in [-0.2, -0.15) is 0 Å². The van der Waals surface area contributed by atoms with E-state index in [4.69, 9.17) is 4.74 Å². The molecule has 11 nitrogen and oxygen atoms in total. The zero-order valence-electron chi connectivity index (χ0n) is 30.0. The number of fused-ring (bicyclic) bond motifs is 1. The van der Waals surface area contributed by atoms with Crippen molar-refractivity contribution in [3.8, 4) is 0 Å². The monoisotopic (exact) mass is 675 g/mol. The number of anilines is 2. The van der Waals surface area contributed by atoms with Crippen LogP contribution in [0, 0.1) is 5.41 Å². The highest BCUT2D eigenvalue weighted by atomic mass is 28.3. The Morgan fingerprint density at radius 2 is 1.65 bits per heavy atom. The van der Waals surface area contributed by atoms with Gasteiger partial charge in [0.2, 0.25) is 5.91 Å². The largest absolute Gasteiger partial charge is 0.369 e. The summed E-state index contributed by atoms with van der Waals surface area (Å²) >= 11 is 0. The van der Waals surface area contributed by atoms with Crippen molar-refractivity contribution in [2.75, 3.05) is 63.1 Å². The number of nitrogens with one attached hydrogen (secondary N) is 1. The molecule has 1 aromatic carbocycles. The van der Waals surface area contributed by atoms with Gasteiger partial charge in [-0.1, -0.05) is 52.5 Å². The maximum absolute atomic E-state index is 14.1. The molecular weight excluding hydrogens is 623 g/mol. The second-order valence-electron chi connectivity index (χ2n) is 15.6. The minimum absolute atomic E-state index is 0.0242. The van der Waals surface area contributed by atoms with E-state index >= 15 is 0 Å². The third-order valence-electron chi connectivity index (χ3n) is 9.38. The molecule has 2 atom stereocenters. The standard InChI is InChI=1S/C36H53N7O4Si/c1-26-23-43(34(45)33(44)38-30-22-37-21-28-13-14-41(32(28)30)25-47-19-20-48(6,7)8)31(24-42(26)35(46)36(2,3)4)27-9-11-29(12-10-27)40-17-15-39(5)16-18-40/h9-14,21-22,26,31H,15-20,23-25H2,1-8H3,(H,38,44)/t26-,31-/m1/s1. The number of hydrogen-bond acceptors (Lipinski definition) is 7. The zero-order chi connectivity index (χ0) is 34.8. The smallest absolute Gasteiger partial charge is 0.314 e. The number of ether oxygens (including phenoxy) is 1. The van der Waals surface area contributed by atoms with Crippen molar-refractivity contribution in [1.82, 2.24) is 24.3 Å². The maximum Gasteiger partial charge on any atom is 0.314 e. The van der Waals surface area contributed by atoms with Gasteiger partial charge in [0.25, 0.3) is 0 Å². The van der Waals surface area contributed by atoms with Crippen molar-refractivity contribution in [3.63, 3.8) is 0 Å². The van der Waals surface area contributed by atoms with Crippen LogP contribution in [0.4, 0.5) is 11.4 Å². The normalized spacial score (nSPS) is 19.5. The first kappa shape index (κ1) is 35.6. The Labute approximate surface area is 286 Å². The van der Waals surface area contributed by atoms with Gasteiger partial charge in [-0.15, -0.1) is 0 Å². The maximum atomic E-state index is 14.1. The number of pyridine rings is 1. The average Bonchev–Trinajstić information content (AvgIpc) is 3.46. The summed E-state index contributed by atoms with van der Waals surface area (Å²) in [5.74, 6) is -1.35. The first-order valence-electron chi connectivity index (χ1n) is 17.1. The molecule has 3 amide bonds. The van der Waals surface area contributed by atoms with Crippen LogP contribution in [0.15, 0.2) is 48.9 Å². The Kier molecular flexibility index (Phi) is 10.7. The van der Waals surface area contributed by atoms with Gasteiger partial charge in [0.15, 0.2) is 0 Å². The van der Waals surface area contributed by atoms with Gasteiger partial charge >= 0.3 is 11.8 Å². The summed E-state index contributed by atoms with van der Waals surface area (Å²) in [6.45, 7) is 20.1. The molecule has 2 saturated heterocycles. The SMILES string of the molecule is C[C@@H]1CN(C(=O)C(=O)Nc2cncc3ccn(COCC[Si](C)(C)C)c23)[C@@H](c2ccc(N3CCN(C)CC3)cc2)CN1C(=O)C(C)(C)C. The number of carbonyl (C=O) groups is 3. The lowest BCUT2D eigenvalue weighted by Crippen LogP contribution is -2.60. The number of nitrogens with zero attached hydrogens (tertiary/aromatic N) is 6. The molecular formula is C36H53N7O4Si. The fourth-order valence-corrected chi connectivity index (χ4v) is 7.13. The van der Waals surface area contributed by atoms with Crippen molar-refractivity contribution in [1.29, 1.82) is 0 Å². The molecule has 3 aromatic rings. The molecule has 0 spiro atoms. The van der Waals surface area contributed by atoms with E-state index in [0.717, 1.165) is 54.4 Å². The summed E-state index contributed by atoms with van der Waals surface area (Å²) in [6.07, 6.45) is 5.22. The van der Waals surface area contributed by atoms with Crippen LogP contribution in [0.1, 0.15) is 39.3 Å². The number of likely N-dealkylation sites (N-methyl/N-ethyl adjacent to an activating group) is 1. The summed E-state index contributed by atoms with van der Waals surface area (Å²) in [6, 6.07) is 10.5. The molecule has 0 saturated carbocycles. The molecule has 4 heterocycles. The molecule has 48 heavy (non-hydrogen) atoms. The fourth-order valence-electron chi connectivity index (χ4n) is 6.37. The molecule has 260 valence electrons. The molecule has 1 N–H and O–H groups in total. The molecule has 2 aliphatic rings. The van der Waals surface area contributed by atoms with Gasteiger partial charge in [-0.3, -0.25) is 19.4 Å². The van der Waals surface area contributed by atoms with Crippen molar-refractivity contribution >= 4 is 48.1 Å². The molecule has 2 aromatic heterocycles. The van der Waals surface area contributed by atoms with Crippen LogP contribution in [-0.2, 0) is 25.9 Å². The first-order valence-corrected chi connectivity index (χ1v) is 20.8. The van der Waals surface area contributed by atoms with E-state index in [2.05, 4.69) is 58.9 Å². The minimum Gasteiger partial charge on any atom is -0.369 e. The van der Waals surface area contributed by atoms with E-state index in [1.54, 1.807) is 17.3 Å². The van der Waals surface area contributed by atoms with E-state index < -0.39 is 31.3 Å². The van der Waals surface area contributed by atoms with Crippen LogP contribution in [0.2, 0.25) is 25.7 Å². The number of hydrogen-bond donors (Lipinski definition) is 1. The minimum atomic E-state index is -1.23. The van der Waals surface area contributed by atoms with Gasteiger partial charge in [0, 0.05) is 88.9 Å². The Balaban J connectivity index is 1.37. The predicted molar refractivity (Wildman–Crippen MR) is 194 cm³/mol. The van der Waals surface area contributed by atoms with Crippen molar-refractivity contribution < 1.29 is 19.1 Å². The molecule has 2 fully saturated rings. The van der Waals surface area contributed by atoms with Crippen LogP contribution in [0.25, 0.3) is 10.9 Å². The highest BCUT2D eigenvalue weighted by Crippen LogP contribution is 2.33. The summed E-state index contributed by atoms with van der Waals surface area (Å²) in [7, 11) is 0.903. The number of rotatable bonds is 8. The Morgan fingerprint density at radius 1 is 0.958 bits per heavy atom. The van der Waals surface area contributed by atoms with E-state index in [9.17, 15) is 14.4 Å². The Bertz CT molecular complexity index is 1600. The molecule has 12 heteroatoms. The first-order chi connectivity index (χ1) is 22.6. The van der Waals surface area contributed by atoms with Crippen LogP contribution >= 0.6 is 0 Å². The lowest BCUT2D eigenvalue weighted by molar-refractivity contribution is -0.154. The number of aromatic nitrogens is 2. The average molecular weight is 676 g/mol. The summed E-state index contributed by atoms with van der Waals surface area (Å²) in [5, 5.41) is 3.71. The van der Waals surface area contributed by atoms with Crippen LogP contribution in [0.5, 0.6) is 0 Å². The summed E-state index contributed by atoms with van der Waals surface area (Å²) in [4.78, 5) is 53.8. The van der Waals surface area contributed by atoms with Gasteiger partial charge < -0.3 is 34.2 Å². The molecule has 0 bridgehead atoms. The van der Waals surface area contributed by atoms with E-state index in [1.165, 1.54) is 0 Å². The van der Waals surface area contributed by atoms with E-state index in [-0.39, 0.29) is 18.5 Å². The Morgan fingerprint density at radius 3 is 2.29 bits per heavy atom. The highest BCUT2D eigenvalue weighted by Gasteiger charge is 2.42. The number of piperazine rings is 2. The van der Waals surface area contributed by atoms with Crippen LogP contribution in [0.3, 0.4) is 0 Å².